The number of carbonyl (C=O) groups is 2. The molecule has 0 unspecified atom stereocenters. The molecule has 2 N–H and O–H groups in total. The number of nitrogens with zero attached hydrogens (tertiary/aromatic N) is 2. The molecule has 0 rings (SSSR count). The highest BCUT2D eigenvalue weighted by molar-refractivity contribution is 5.75. The molecule has 0 spiro atoms. The lowest BCUT2D eigenvalue weighted by Crippen LogP contribution is -2.48. The van der Waals surface area contributed by atoms with Crippen molar-refractivity contribution >= 4 is 12.1 Å². The standard InChI is InChI=1S/C20H42N4O2/c1-15(2)23(16(3)4)19(25)21-13-11-9-10-12-14-22-20(26)24(17(5)6)18(7)8/h15-18H,9-14H2,1-8H3,(H,21,25)(H,22,26). The first-order valence-corrected chi connectivity index (χ1v) is 10.2. The van der Waals surface area contributed by atoms with Crippen LogP contribution in [-0.2, 0) is 0 Å². The van der Waals surface area contributed by atoms with Gasteiger partial charge in [-0.25, -0.2) is 9.59 Å². The molecule has 0 aromatic heterocycles. The Morgan fingerprint density at radius 3 is 1.08 bits per heavy atom. The van der Waals surface area contributed by atoms with Gasteiger partial charge in [0.15, 0.2) is 0 Å². The second-order valence-electron chi connectivity index (χ2n) is 8.07. The zero-order chi connectivity index (χ0) is 20.3. The Balaban J connectivity index is 3.86. The Kier molecular flexibility index (Phi) is 12.1. The van der Waals surface area contributed by atoms with Gasteiger partial charge < -0.3 is 20.4 Å². The monoisotopic (exact) mass is 370 g/mol. The number of urea groups is 2. The molecule has 154 valence electrons. The van der Waals surface area contributed by atoms with Gasteiger partial charge in [0.1, 0.15) is 0 Å². The van der Waals surface area contributed by atoms with Crippen LogP contribution < -0.4 is 10.6 Å². The van der Waals surface area contributed by atoms with E-state index in [1.165, 1.54) is 0 Å². The van der Waals surface area contributed by atoms with Crippen molar-refractivity contribution in [2.75, 3.05) is 13.1 Å². The van der Waals surface area contributed by atoms with Crippen molar-refractivity contribution in [3.63, 3.8) is 0 Å². The summed E-state index contributed by atoms with van der Waals surface area (Å²) < 4.78 is 0. The maximum atomic E-state index is 12.2. The number of rotatable bonds is 11. The number of carbonyl (C=O) groups excluding carboxylic acids is 2. The van der Waals surface area contributed by atoms with E-state index in [0.717, 1.165) is 25.7 Å². The number of hydrogen-bond acceptors (Lipinski definition) is 2. The molecule has 0 saturated carbocycles. The van der Waals surface area contributed by atoms with Crippen molar-refractivity contribution in [1.82, 2.24) is 20.4 Å². The molecule has 6 heteroatoms. The lowest BCUT2D eigenvalue weighted by molar-refractivity contribution is 0.163. The van der Waals surface area contributed by atoms with Crippen molar-refractivity contribution in [2.45, 2.75) is 105 Å². The lowest BCUT2D eigenvalue weighted by atomic mass is 10.2. The van der Waals surface area contributed by atoms with E-state index in [2.05, 4.69) is 10.6 Å². The smallest absolute Gasteiger partial charge is 0.317 e. The summed E-state index contributed by atoms with van der Waals surface area (Å²) in [7, 11) is 0. The molecule has 0 aliphatic carbocycles. The quantitative estimate of drug-likeness (QED) is 0.535. The molecule has 0 saturated heterocycles. The minimum absolute atomic E-state index is 0.0183. The predicted octanol–water partition coefficient (Wildman–Crippen LogP) is 4.20. The normalized spacial score (nSPS) is 11.4. The van der Waals surface area contributed by atoms with Crippen LogP contribution in [0.25, 0.3) is 0 Å². The summed E-state index contributed by atoms with van der Waals surface area (Å²) in [6.45, 7) is 17.7. The molecular weight excluding hydrogens is 328 g/mol. The van der Waals surface area contributed by atoms with E-state index >= 15 is 0 Å². The van der Waals surface area contributed by atoms with Gasteiger partial charge in [0.2, 0.25) is 0 Å². The molecule has 6 nitrogen and oxygen atoms in total. The average molecular weight is 371 g/mol. The molecule has 0 aromatic carbocycles. The fourth-order valence-electron chi connectivity index (χ4n) is 3.31. The van der Waals surface area contributed by atoms with Crippen LogP contribution in [0.5, 0.6) is 0 Å². The van der Waals surface area contributed by atoms with E-state index in [1.54, 1.807) is 0 Å². The maximum Gasteiger partial charge on any atom is 0.317 e. The van der Waals surface area contributed by atoms with Crippen molar-refractivity contribution in [2.24, 2.45) is 0 Å². The van der Waals surface area contributed by atoms with Crippen molar-refractivity contribution in [3.8, 4) is 0 Å². The third kappa shape index (κ3) is 9.30. The summed E-state index contributed by atoms with van der Waals surface area (Å²) >= 11 is 0. The number of unbranched alkanes of at least 4 members (excludes halogenated alkanes) is 3. The van der Waals surface area contributed by atoms with Gasteiger partial charge in [-0.05, 0) is 68.2 Å². The first-order valence-electron chi connectivity index (χ1n) is 10.2. The van der Waals surface area contributed by atoms with Crippen LogP contribution in [0.4, 0.5) is 9.59 Å². The minimum atomic E-state index is 0.0183. The van der Waals surface area contributed by atoms with Gasteiger partial charge in [0.25, 0.3) is 0 Å². The molecule has 0 aliphatic heterocycles. The average Bonchev–Trinajstić information content (AvgIpc) is 2.48. The van der Waals surface area contributed by atoms with E-state index in [0.29, 0.717) is 13.1 Å². The Labute approximate surface area is 161 Å². The highest BCUT2D eigenvalue weighted by Gasteiger charge is 2.20. The first kappa shape index (κ1) is 24.5. The van der Waals surface area contributed by atoms with Crippen molar-refractivity contribution in [3.05, 3.63) is 0 Å². The second kappa shape index (κ2) is 12.8. The van der Waals surface area contributed by atoms with E-state index in [-0.39, 0.29) is 36.2 Å². The summed E-state index contributed by atoms with van der Waals surface area (Å²) in [6.07, 6.45) is 4.04. The summed E-state index contributed by atoms with van der Waals surface area (Å²) in [4.78, 5) is 28.1. The molecule has 0 bridgehead atoms. The molecule has 0 radical (unpaired) electrons. The van der Waals surface area contributed by atoms with Gasteiger partial charge >= 0.3 is 12.1 Å². The minimum Gasteiger partial charge on any atom is -0.338 e. The Hall–Kier alpha value is -1.46. The van der Waals surface area contributed by atoms with Crippen molar-refractivity contribution in [1.29, 1.82) is 0 Å². The van der Waals surface area contributed by atoms with E-state index in [9.17, 15) is 9.59 Å². The fraction of sp³-hybridized carbons (Fsp3) is 0.900. The highest BCUT2D eigenvalue weighted by atomic mass is 16.2. The number of amides is 4. The van der Waals surface area contributed by atoms with Crippen LogP contribution in [0.3, 0.4) is 0 Å². The molecule has 0 atom stereocenters. The SMILES string of the molecule is CC(C)N(C(=O)NCCCCCCNC(=O)N(C(C)C)C(C)C)C(C)C. The van der Waals surface area contributed by atoms with Gasteiger partial charge in [-0.1, -0.05) is 12.8 Å². The summed E-state index contributed by atoms with van der Waals surface area (Å²) in [6, 6.07) is 0.851. The molecular formula is C20H42N4O2. The van der Waals surface area contributed by atoms with Gasteiger partial charge in [-0.3, -0.25) is 0 Å². The van der Waals surface area contributed by atoms with Crippen LogP contribution in [0.1, 0.15) is 81.1 Å². The zero-order valence-electron chi connectivity index (χ0n) is 18.3. The highest BCUT2D eigenvalue weighted by Crippen LogP contribution is 2.07. The molecule has 0 fully saturated rings. The molecule has 0 heterocycles. The van der Waals surface area contributed by atoms with E-state index < -0.39 is 0 Å². The zero-order valence-corrected chi connectivity index (χ0v) is 18.3. The van der Waals surface area contributed by atoms with Crippen LogP contribution in [-0.4, -0.2) is 59.1 Å². The van der Waals surface area contributed by atoms with Crippen molar-refractivity contribution < 1.29 is 9.59 Å². The molecule has 4 amide bonds. The number of hydrogen-bond donors (Lipinski definition) is 2. The third-order valence-corrected chi connectivity index (χ3v) is 4.35. The van der Waals surface area contributed by atoms with Gasteiger partial charge in [-0.15, -0.1) is 0 Å². The second-order valence-corrected chi connectivity index (χ2v) is 8.07. The van der Waals surface area contributed by atoms with Crippen LogP contribution in [0, 0.1) is 0 Å². The Morgan fingerprint density at radius 1 is 0.577 bits per heavy atom. The van der Waals surface area contributed by atoms with Crippen LogP contribution in [0.15, 0.2) is 0 Å². The summed E-state index contributed by atoms with van der Waals surface area (Å²) in [5.41, 5.74) is 0. The van der Waals surface area contributed by atoms with Gasteiger partial charge in [-0.2, -0.15) is 0 Å². The van der Waals surface area contributed by atoms with Crippen LogP contribution in [0.2, 0.25) is 0 Å². The fourth-order valence-corrected chi connectivity index (χ4v) is 3.31. The maximum absolute atomic E-state index is 12.2. The van der Waals surface area contributed by atoms with Gasteiger partial charge in [0, 0.05) is 37.3 Å². The van der Waals surface area contributed by atoms with Crippen LogP contribution >= 0.6 is 0 Å². The molecule has 26 heavy (non-hydrogen) atoms. The topological polar surface area (TPSA) is 64.7 Å². The van der Waals surface area contributed by atoms with E-state index in [1.807, 2.05) is 65.2 Å². The first-order chi connectivity index (χ1) is 12.1. The summed E-state index contributed by atoms with van der Waals surface area (Å²) in [5, 5.41) is 6.01. The number of nitrogens with one attached hydrogen (secondary N) is 2. The summed E-state index contributed by atoms with van der Waals surface area (Å²) in [5.74, 6) is 0. The largest absolute Gasteiger partial charge is 0.338 e. The molecule has 0 aromatic rings. The predicted molar refractivity (Wildman–Crippen MR) is 109 cm³/mol. The third-order valence-electron chi connectivity index (χ3n) is 4.35. The van der Waals surface area contributed by atoms with E-state index in [4.69, 9.17) is 0 Å². The lowest BCUT2D eigenvalue weighted by Gasteiger charge is -2.31. The molecule has 0 aliphatic rings. The Bertz CT molecular complexity index is 355. The van der Waals surface area contributed by atoms with Gasteiger partial charge in [0.05, 0.1) is 0 Å². The Morgan fingerprint density at radius 2 is 0.846 bits per heavy atom.